The van der Waals surface area contributed by atoms with Gasteiger partial charge in [0, 0.05) is 56.6 Å². The molecule has 1 aliphatic carbocycles. The van der Waals surface area contributed by atoms with E-state index in [1.54, 1.807) is 30.3 Å². The smallest absolute Gasteiger partial charge is 0.378 e. The fourth-order valence-corrected chi connectivity index (χ4v) is 4.66. The van der Waals surface area contributed by atoms with Crippen molar-refractivity contribution >= 4 is 40.3 Å². The average molecular weight is 526 g/mol. The molecular weight excluding hydrogens is 499 g/mol. The van der Waals surface area contributed by atoms with Crippen LogP contribution in [0.1, 0.15) is 27.0 Å². The number of carbonyl (C=O) groups is 2. The van der Waals surface area contributed by atoms with Gasteiger partial charge in [-0.1, -0.05) is 6.07 Å². The van der Waals surface area contributed by atoms with E-state index in [2.05, 4.69) is 25.8 Å². The zero-order chi connectivity index (χ0) is 26.9. The quantitative estimate of drug-likeness (QED) is 0.438. The second-order valence-electron chi connectivity index (χ2n) is 9.15. The third kappa shape index (κ3) is 5.42. The molecule has 1 aromatic heterocycles. The van der Waals surface area contributed by atoms with Crippen LogP contribution in [0.2, 0.25) is 0 Å². The van der Waals surface area contributed by atoms with Crippen LogP contribution in [0, 0.1) is 0 Å². The average Bonchev–Trinajstić information content (AvgIpc) is 3.27. The number of ketones is 1. The maximum Gasteiger partial charge on any atom is 0.419 e. The van der Waals surface area contributed by atoms with Crippen LogP contribution < -0.4 is 20.9 Å². The van der Waals surface area contributed by atoms with E-state index in [-0.39, 0.29) is 28.5 Å². The molecule has 1 fully saturated rings. The SMILES string of the molecule is CNC(=O)c1cc(N2CCOCC2)ccc1Nc1cc(Nc2ccc3c(c2)CC(=O)C3)ncc1C(F)(F)F. The number of aromatic nitrogens is 1. The fraction of sp³-hybridized carbons (Fsp3) is 0.296. The molecule has 0 saturated carbocycles. The van der Waals surface area contributed by atoms with Crippen molar-refractivity contribution in [2.75, 3.05) is 48.9 Å². The number of alkyl halides is 3. The lowest BCUT2D eigenvalue weighted by Gasteiger charge is -2.29. The lowest BCUT2D eigenvalue weighted by Crippen LogP contribution is -2.36. The van der Waals surface area contributed by atoms with Gasteiger partial charge in [-0.15, -0.1) is 0 Å². The number of hydrogen-bond acceptors (Lipinski definition) is 7. The number of nitrogens with one attached hydrogen (secondary N) is 3. The van der Waals surface area contributed by atoms with E-state index in [1.165, 1.54) is 13.1 Å². The van der Waals surface area contributed by atoms with Gasteiger partial charge in [0.25, 0.3) is 5.91 Å². The molecule has 0 radical (unpaired) electrons. The summed E-state index contributed by atoms with van der Waals surface area (Å²) < 4.78 is 47.1. The maximum absolute atomic E-state index is 13.9. The van der Waals surface area contributed by atoms with Crippen molar-refractivity contribution in [2.24, 2.45) is 0 Å². The number of pyridine rings is 1. The Morgan fingerprint density at radius 1 is 0.974 bits per heavy atom. The van der Waals surface area contributed by atoms with Crippen molar-refractivity contribution < 1.29 is 27.5 Å². The number of morpholine rings is 1. The summed E-state index contributed by atoms with van der Waals surface area (Å²) in [6.07, 6.45) is -3.20. The second kappa shape index (κ2) is 10.3. The molecule has 1 aliphatic heterocycles. The zero-order valence-corrected chi connectivity index (χ0v) is 20.6. The topological polar surface area (TPSA) is 95.6 Å². The standard InChI is InChI=1S/C27H26F3N5O3/c1-31-26(37)21-13-19(35-6-8-38-9-7-35)4-5-23(21)34-24-14-25(32-15-22(24)27(28,29)30)33-18-3-2-16-11-20(36)12-17(16)10-18/h2-5,10,13-15H,6-9,11-12H2,1H3,(H,31,37)(H2,32,33,34). The minimum Gasteiger partial charge on any atom is -0.378 e. The predicted molar refractivity (Wildman–Crippen MR) is 138 cm³/mol. The van der Waals surface area contributed by atoms with E-state index >= 15 is 0 Å². The van der Waals surface area contributed by atoms with Crippen molar-refractivity contribution in [1.82, 2.24) is 10.3 Å². The molecule has 8 nitrogen and oxygen atoms in total. The highest BCUT2D eigenvalue weighted by molar-refractivity contribution is 6.01. The number of Topliss-reactive ketones (excluding diaryl/α,β-unsaturated/α-hetero) is 1. The summed E-state index contributed by atoms with van der Waals surface area (Å²) in [6.45, 7) is 2.40. The molecule has 0 spiro atoms. The first kappa shape index (κ1) is 25.5. The number of rotatable bonds is 6. The molecule has 1 amide bonds. The number of ether oxygens (including phenoxy) is 1. The summed E-state index contributed by atoms with van der Waals surface area (Å²) in [5, 5.41) is 8.40. The monoisotopic (exact) mass is 525 g/mol. The van der Waals surface area contributed by atoms with E-state index in [1.807, 2.05) is 6.07 Å². The summed E-state index contributed by atoms with van der Waals surface area (Å²) in [7, 11) is 1.47. The Kier molecular flexibility index (Phi) is 6.94. The van der Waals surface area contributed by atoms with Gasteiger partial charge in [0.15, 0.2) is 0 Å². The van der Waals surface area contributed by atoms with Crippen LogP contribution in [0.5, 0.6) is 0 Å². The number of anilines is 5. The number of hydrogen-bond donors (Lipinski definition) is 3. The van der Waals surface area contributed by atoms with Gasteiger partial charge < -0.3 is 25.6 Å². The number of nitrogens with zero attached hydrogens (tertiary/aromatic N) is 2. The lowest BCUT2D eigenvalue weighted by atomic mass is 10.1. The highest BCUT2D eigenvalue weighted by Crippen LogP contribution is 2.38. The summed E-state index contributed by atoms with van der Waals surface area (Å²) in [5.74, 6) is -0.129. The number of benzene rings is 2. The van der Waals surface area contributed by atoms with E-state index < -0.39 is 17.6 Å². The first-order valence-corrected chi connectivity index (χ1v) is 12.1. The van der Waals surface area contributed by atoms with Crippen molar-refractivity contribution in [1.29, 1.82) is 0 Å². The summed E-state index contributed by atoms with van der Waals surface area (Å²) in [5.41, 5.74) is 2.43. The van der Waals surface area contributed by atoms with Crippen LogP contribution >= 0.6 is 0 Å². The third-order valence-electron chi connectivity index (χ3n) is 6.58. The van der Waals surface area contributed by atoms with Gasteiger partial charge in [0.05, 0.1) is 35.7 Å². The number of carbonyl (C=O) groups excluding carboxylic acids is 2. The van der Waals surface area contributed by atoms with Crippen molar-refractivity contribution in [3.05, 3.63) is 70.9 Å². The Balaban J connectivity index is 1.47. The van der Waals surface area contributed by atoms with E-state index in [9.17, 15) is 22.8 Å². The second-order valence-corrected chi connectivity index (χ2v) is 9.15. The third-order valence-corrected chi connectivity index (χ3v) is 6.58. The van der Waals surface area contributed by atoms with Gasteiger partial charge in [-0.2, -0.15) is 13.2 Å². The van der Waals surface area contributed by atoms with Crippen LogP contribution in [0.3, 0.4) is 0 Å². The predicted octanol–water partition coefficient (Wildman–Crippen LogP) is 4.45. The maximum atomic E-state index is 13.9. The molecule has 5 rings (SSSR count). The largest absolute Gasteiger partial charge is 0.419 e. The van der Waals surface area contributed by atoms with Crippen LogP contribution in [-0.2, 0) is 28.5 Å². The fourth-order valence-electron chi connectivity index (χ4n) is 4.66. The van der Waals surface area contributed by atoms with Crippen LogP contribution in [0.25, 0.3) is 0 Å². The molecular formula is C27H26F3N5O3. The molecule has 1 saturated heterocycles. The molecule has 2 heterocycles. The molecule has 0 unspecified atom stereocenters. The van der Waals surface area contributed by atoms with Gasteiger partial charge in [0.2, 0.25) is 0 Å². The minimum atomic E-state index is -4.68. The Morgan fingerprint density at radius 3 is 2.47 bits per heavy atom. The molecule has 3 aromatic rings. The van der Waals surface area contributed by atoms with Crippen LogP contribution in [-0.4, -0.2) is 50.0 Å². The first-order chi connectivity index (χ1) is 18.2. The van der Waals surface area contributed by atoms with Crippen LogP contribution in [0.4, 0.5) is 41.7 Å². The van der Waals surface area contributed by atoms with Gasteiger partial charge in [0.1, 0.15) is 11.6 Å². The van der Waals surface area contributed by atoms with E-state index in [0.717, 1.165) is 23.0 Å². The molecule has 0 atom stereocenters. The van der Waals surface area contributed by atoms with E-state index in [0.29, 0.717) is 44.8 Å². The number of amides is 1. The highest BCUT2D eigenvalue weighted by Gasteiger charge is 2.35. The number of halogens is 3. The Labute approximate surface area is 217 Å². The molecule has 11 heteroatoms. The molecule has 198 valence electrons. The van der Waals surface area contributed by atoms with Gasteiger partial charge >= 0.3 is 6.18 Å². The first-order valence-electron chi connectivity index (χ1n) is 12.1. The zero-order valence-electron chi connectivity index (χ0n) is 20.6. The number of fused-ring (bicyclic) bond motifs is 1. The van der Waals surface area contributed by atoms with Crippen molar-refractivity contribution in [3.8, 4) is 0 Å². The lowest BCUT2D eigenvalue weighted by molar-refractivity contribution is -0.137. The summed E-state index contributed by atoms with van der Waals surface area (Å²) in [4.78, 5) is 30.5. The van der Waals surface area contributed by atoms with Gasteiger partial charge in [-0.05, 0) is 41.5 Å². The summed E-state index contributed by atoms with van der Waals surface area (Å²) >= 11 is 0. The van der Waals surface area contributed by atoms with Crippen molar-refractivity contribution in [2.45, 2.75) is 19.0 Å². The Hall–Kier alpha value is -4.12. The molecule has 38 heavy (non-hydrogen) atoms. The molecule has 2 aromatic carbocycles. The van der Waals surface area contributed by atoms with E-state index in [4.69, 9.17) is 4.74 Å². The normalized spacial score (nSPS) is 15.3. The molecule has 2 aliphatic rings. The summed E-state index contributed by atoms with van der Waals surface area (Å²) in [6, 6.07) is 11.7. The Morgan fingerprint density at radius 2 is 1.74 bits per heavy atom. The van der Waals surface area contributed by atoms with Crippen molar-refractivity contribution in [3.63, 3.8) is 0 Å². The molecule has 3 N–H and O–H groups in total. The van der Waals surface area contributed by atoms with Gasteiger partial charge in [-0.25, -0.2) is 4.98 Å². The minimum absolute atomic E-state index is 0.128. The Bertz CT molecular complexity index is 1390. The van der Waals surface area contributed by atoms with Gasteiger partial charge in [-0.3, -0.25) is 9.59 Å². The molecule has 0 bridgehead atoms. The van der Waals surface area contributed by atoms with Crippen LogP contribution in [0.15, 0.2) is 48.7 Å². The highest BCUT2D eigenvalue weighted by atomic mass is 19.4.